The van der Waals surface area contributed by atoms with Crippen LogP contribution < -0.4 is 4.74 Å². The molecule has 0 N–H and O–H groups in total. The Bertz CT molecular complexity index is 841. The molecule has 1 unspecified atom stereocenters. The minimum atomic E-state index is -0.643. The maximum atomic E-state index is 12.0. The second-order valence-corrected chi connectivity index (χ2v) is 7.01. The van der Waals surface area contributed by atoms with E-state index >= 15 is 0 Å². The molecule has 0 fully saturated rings. The van der Waals surface area contributed by atoms with Crippen LogP contribution >= 0.6 is 11.3 Å². The quantitative estimate of drug-likeness (QED) is 0.564. The van der Waals surface area contributed by atoms with Gasteiger partial charge in [0.15, 0.2) is 12.7 Å². The first-order valence-electron chi connectivity index (χ1n) is 8.32. The summed E-state index contributed by atoms with van der Waals surface area (Å²) in [6, 6.07) is 11.4. The van der Waals surface area contributed by atoms with Gasteiger partial charge in [0.05, 0.1) is 4.88 Å². The van der Waals surface area contributed by atoms with Crippen LogP contribution in [0.3, 0.4) is 0 Å². The topological polar surface area (TPSA) is 74.5 Å². The third-order valence-electron chi connectivity index (χ3n) is 3.73. The predicted molar refractivity (Wildman–Crippen MR) is 98.1 cm³/mol. The zero-order valence-electron chi connectivity index (χ0n) is 14.8. The zero-order chi connectivity index (χ0) is 18.5. The van der Waals surface area contributed by atoms with Crippen molar-refractivity contribution in [3.63, 3.8) is 0 Å². The zero-order valence-corrected chi connectivity index (χ0v) is 15.7. The van der Waals surface area contributed by atoms with Crippen LogP contribution in [0.2, 0.25) is 0 Å². The van der Waals surface area contributed by atoms with Crippen LogP contribution in [0.15, 0.2) is 46.2 Å². The Labute approximate surface area is 155 Å². The standard InChI is InChI=1S/C19H20N2O4S/c1-12(2)14-6-8-15(9-7-14)23-11-17(22)24-13(3)18-20-21-19(25-18)16-5-4-10-26-16/h4-10,12-13H,11H2,1-3H3. The van der Waals surface area contributed by atoms with Crippen molar-refractivity contribution in [2.45, 2.75) is 32.8 Å². The second-order valence-electron chi connectivity index (χ2n) is 6.07. The number of rotatable bonds is 7. The summed E-state index contributed by atoms with van der Waals surface area (Å²) in [5, 5.41) is 9.84. The van der Waals surface area contributed by atoms with E-state index in [0.29, 0.717) is 17.6 Å². The number of nitrogens with zero attached hydrogens (tertiary/aromatic N) is 2. The van der Waals surface area contributed by atoms with E-state index in [-0.39, 0.29) is 12.5 Å². The van der Waals surface area contributed by atoms with Gasteiger partial charge >= 0.3 is 5.97 Å². The lowest BCUT2D eigenvalue weighted by Crippen LogP contribution is -2.17. The summed E-state index contributed by atoms with van der Waals surface area (Å²) in [5.74, 6) is 1.24. The third kappa shape index (κ3) is 4.49. The highest BCUT2D eigenvalue weighted by Gasteiger charge is 2.19. The molecule has 7 heteroatoms. The van der Waals surface area contributed by atoms with Crippen LogP contribution in [-0.2, 0) is 9.53 Å². The molecule has 3 rings (SSSR count). The van der Waals surface area contributed by atoms with Gasteiger partial charge in [-0.2, -0.15) is 0 Å². The molecule has 6 nitrogen and oxygen atoms in total. The first kappa shape index (κ1) is 18.1. The molecule has 3 aromatic rings. The second kappa shape index (κ2) is 8.14. The Balaban J connectivity index is 1.51. The summed E-state index contributed by atoms with van der Waals surface area (Å²) < 4.78 is 16.3. The molecule has 1 aromatic carbocycles. The van der Waals surface area contributed by atoms with Crippen LogP contribution in [0, 0.1) is 0 Å². The molecular formula is C19H20N2O4S. The Kier molecular flexibility index (Phi) is 5.68. The van der Waals surface area contributed by atoms with E-state index in [0.717, 1.165) is 4.88 Å². The number of carbonyl (C=O) groups is 1. The Hall–Kier alpha value is -2.67. The molecule has 0 spiro atoms. The van der Waals surface area contributed by atoms with Gasteiger partial charge in [-0.25, -0.2) is 4.79 Å². The van der Waals surface area contributed by atoms with Gasteiger partial charge in [0, 0.05) is 0 Å². The fourth-order valence-corrected chi connectivity index (χ4v) is 2.92. The van der Waals surface area contributed by atoms with E-state index in [9.17, 15) is 4.79 Å². The van der Waals surface area contributed by atoms with Gasteiger partial charge in [-0.15, -0.1) is 21.5 Å². The van der Waals surface area contributed by atoms with Gasteiger partial charge < -0.3 is 13.9 Å². The predicted octanol–water partition coefficient (Wildman–Crippen LogP) is 4.60. The minimum absolute atomic E-state index is 0.183. The van der Waals surface area contributed by atoms with Gasteiger partial charge in [0.2, 0.25) is 0 Å². The van der Waals surface area contributed by atoms with Crippen molar-refractivity contribution >= 4 is 17.3 Å². The highest BCUT2D eigenvalue weighted by Crippen LogP contribution is 2.26. The van der Waals surface area contributed by atoms with E-state index in [2.05, 4.69) is 24.0 Å². The summed E-state index contributed by atoms with van der Waals surface area (Å²) in [4.78, 5) is 12.8. The van der Waals surface area contributed by atoms with Gasteiger partial charge in [-0.1, -0.05) is 32.0 Å². The van der Waals surface area contributed by atoms with E-state index < -0.39 is 12.1 Å². The Morgan fingerprint density at radius 1 is 1.15 bits per heavy atom. The molecule has 0 aliphatic rings. The maximum Gasteiger partial charge on any atom is 0.344 e. The molecule has 0 aliphatic carbocycles. The molecule has 2 aromatic heterocycles. The van der Waals surface area contributed by atoms with Crippen LogP contribution in [0.25, 0.3) is 10.8 Å². The fourth-order valence-electron chi connectivity index (χ4n) is 2.27. The Morgan fingerprint density at radius 3 is 2.58 bits per heavy atom. The van der Waals surface area contributed by atoms with Crippen molar-refractivity contribution in [3.8, 4) is 16.5 Å². The SMILES string of the molecule is CC(C)c1ccc(OCC(=O)OC(C)c2nnc(-c3cccs3)o2)cc1. The maximum absolute atomic E-state index is 12.0. The van der Waals surface area contributed by atoms with Crippen molar-refractivity contribution < 1.29 is 18.7 Å². The smallest absolute Gasteiger partial charge is 0.344 e. The number of thiophene rings is 1. The molecule has 0 bridgehead atoms. The molecular weight excluding hydrogens is 352 g/mol. The lowest BCUT2D eigenvalue weighted by Gasteiger charge is -2.11. The van der Waals surface area contributed by atoms with Crippen LogP contribution in [-0.4, -0.2) is 22.8 Å². The number of aromatic nitrogens is 2. The highest BCUT2D eigenvalue weighted by atomic mass is 32.1. The fraction of sp³-hybridized carbons (Fsp3) is 0.316. The van der Waals surface area contributed by atoms with Gasteiger partial charge in [-0.3, -0.25) is 0 Å². The normalized spacial score (nSPS) is 12.2. The molecule has 26 heavy (non-hydrogen) atoms. The molecule has 136 valence electrons. The van der Waals surface area contributed by atoms with Crippen LogP contribution in [0.1, 0.15) is 44.2 Å². The number of esters is 1. The van der Waals surface area contributed by atoms with Crippen molar-refractivity contribution in [1.82, 2.24) is 10.2 Å². The largest absolute Gasteiger partial charge is 0.482 e. The highest BCUT2D eigenvalue weighted by molar-refractivity contribution is 7.13. The summed E-state index contributed by atoms with van der Waals surface area (Å²) in [6.07, 6.45) is -0.643. The van der Waals surface area contributed by atoms with E-state index in [1.165, 1.54) is 16.9 Å². The molecule has 0 amide bonds. The number of benzene rings is 1. The monoisotopic (exact) mass is 372 g/mol. The van der Waals surface area contributed by atoms with Gasteiger partial charge in [0.25, 0.3) is 11.8 Å². The molecule has 1 atom stereocenters. The summed E-state index contributed by atoms with van der Waals surface area (Å²) >= 11 is 1.50. The number of hydrogen-bond acceptors (Lipinski definition) is 7. The number of ether oxygens (including phenoxy) is 2. The lowest BCUT2D eigenvalue weighted by atomic mass is 10.0. The third-order valence-corrected chi connectivity index (χ3v) is 4.59. The van der Waals surface area contributed by atoms with Gasteiger partial charge in [-0.05, 0) is 42.0 Å². The van der Waals surface area contributed by atoms with Crippen LogP contribution in [0.4, 0.5) is 0 Å². The number of carbonyl (C=O) groups excluding carboxylic acids is 1. The van der Waals surface area contributed by atoms with Crippen molar-refractivity contribution in [1.29, 1.82) is 0 Å². The summed E-state index contributed by atoms with van der Waals surface area (Å²) in [6.45, 7) is 5.74. The number of hydrogen-bond donors (Lipinski definition) is 0. The first-order valence-corrected chi connectivity index (χ1v) is 9.20. The molecule has 2 heterocycles. The molecule has 0 saturated carbocycles. The van der Waals surface area contributed by atoms with Crippen molar-refractivity contribution in [2.75, 3.05) is 6.61 Å². The van der Waals surface area contributed by atoms with Gasteiger partial charge in [0.1, 0.15) is 5.75 Å². The van der Waals surface area contributed by atoms with Crippen LogP contribution in [0.5, 0.6) is 5.75 Å². The molecule has 0 radical (unpaired) electrons. The average molecular weight is 372 g/mol. The lowest BCUT2D eigenvalue weighted by molar-refractivity contribution is -0.152. The van der Waals surface area contributed by atoms with E-state index in [4.69, 9.17) is 13.9 Å². The Morgan fingerprint density at radius 2 is 1.92 bits per heavy atom. The van der Waals surface area contributed by atoms with Crippen molar-refractivity contribution in [2.24, 2.45) is 0 Å². The van der Waals surface area contributed by atoms with E-state index in [1.54, 1.807) is 6.92 Å². The summed E-state index contributed by atoms with van der Waals surface area (Å²) in [5.41, 5.74) is 1.21. The van der Waals surface area contributed by atoms with E-state index in [1.807, 2.05) is 41.8 Å². The molecule has 0 aliphatic heterocycles. The summed E-state index contributed by atoms with van der Waals surface area (Å²) in [7, 11) is 0. The minimum Gasteiger partial charge on any atom is -0.482 e. The molecule has 0 saturated heterocycles. The first-order chi connectivity index (χ1) is 12.5. The van der Waals surface area contributed by atoms with Crippen molar-refractivity contribution in [3.05, 3.63) is 53.2 Å². The average Bonchev–Trinajstić information content (AvgIpc) is 3.31.